The molecule has 0 radical (unpaired) electrons. The van der Waals surface area contributed by atoms with Crippen molar-refractivity contribution in [2.75, 3.05) is 5.73 Å². The van der Waals surface area contributed by atoms with Gasteiger partial charge in [0.2, 0.25) is 0 Å². The van der Waals surface area contributed by atoms with Crippen molar-refractivity contribution in [1.29, 1.82) is 0 Å². The van der Waals surface area contributed by atoms with Crippen LogP contribution in [0.1, 0.15) is 5.56 Å². The number of hydrogen-bond acceptors (Lipinski definition) is 1. The van der Waals surface area contributed by atoms with Gasteiger partial charge in [-0.05, 0) is 56.1 Å². The lowest BCUT2D eigenvalue weighted by atomic mass is 10.2. The van der Waals surface area contributed by atoms with Gasteiger partial charge in [0.1, 0.15) is 5.82 Å². The molecule has 1 aromatic carbocycles. The molecule has 0 unspecified atom stereocenters. The third kappa shape index (κ3) is 3.61. The van der Waals surface area contributed by atoms with Gasteiger partial charge in [0.25, 0.3) is 0 Å². The fraction of sp³-hybridized carbons (Fsp3) is 0.143. The Morgan fingerprint density at radius 2 is 1.92 bits per heavy atom. The highest BCUT2D eigenvalue weighted by molar-refractivity contribution is 14.1. The van der Waals surface area contributed by atoms with Crippen molar-refractivity contribution < 1.29 is 4.39 Å². The van der Waals surface area contributed by atoms with E-state index in [4.69, 9.17) is 5.73 Å². The summed E-state index contributed by atoms with van der Waals surface area (Å²) in [5.74, 6) is -0.329. The van der Waals surface area contributed by atoms with Crippen LogP contribution < -0.4 is 5.73 Å². The lowest BCUT2D eigenvalue weighted by molar-refractivity contribution is 0.630. The fourth-order valence-corrected chi connectivity index (χ4v) is 1.46. The Morgan fingerprint density at radius 1 is 1.42 bits per heavy atom. The molecule has 0 aliphatic rings. The molecule has 5 heteroatoms. The van der Waals surface area contributed by atoms with Crippen LogP contribution >= 0.6 is 53.0 Å². The SMILES string of the molecule is Cc1cc(F)c(N)c(I)c1.ClI. The largest absolute Gasteiger partial charge is 0.395 e. The Morgan fingerprint density at radius 3 is 2.33 bits per heavy atom. The summed E-state index contributed by atoms with van der Waals surface area (Å²) in [5.41, 5.74) is 6.51. The van der Waals surface area contributed by atoms with Crippen molar-refractivity contribution >= 4 is 58.6 Å². The number of benzene rings is 1. The van der Waals surface area contributed by atoms with E-state index >= 15 is 0 Å². The van der Waals surface area contributed by atoms with Gasteiger partial charge in [-0.3, -0.25) is 0 Å². The Labute approximate surface area is 102 Å². The van der Waals surface area contributed by atoms with E-state index in [9.17, 15) is 4.39 Å². The average molecular weight is 413 g/mol. The van der Waals surface area contributed by atoms with Gasteiger partial charge in [-0.2, -0.15) is 0 Å². The van der Waals surface area contributed by atoms with Gasteiger partial charge in [-0.15, -0.1) is 0 Å². The lowest BCUT2D eigenvalue weighted by Crippen LogP contribution is -1.94. The van der Waals surface area contributed by atoms with E-state index in [1.807, 2.05) is 35.6 Å². The molecule has 12 heavy (non-hydrogen) atoms. The zero-order chi connectivity index (χ0) is 9.72. The Balaban J connectivity index is 0.000000561. The maximum Gasteiger partial charge on any atom is 0.147 e. The molecule has 0 aliphatic carbocycles. The van der Waals surface area contributed by atoms with Crippen molar-refractivity contribution in [3.8, 4) is 0 Å². The Kier molecular flexibility index (Phi) is 6.56. The van der Waals surface area contributed by atoms with Crippen LogP contribution in [-0.4, -0.2) is 0 Å². The number of halogens is 4. The van der Waals surface area contributed by atoms with E-state index in [1.54, 1.807) is 21.5 Å². The molecule has 2 N–H and O–H groups in total. The molecule has 0 aliphatic heterocycles. The van der Waals surface area contributed by atoms with E-state index in [1.165, 1.54) is 6.07 Å². The summed E-state index contributed by atoms with van der Waals surface area (Å²) in [5, 5.41) is 0. The number of nitrogen functional groups attached to an aromatic ring is 1. The highest BCUT2D eigenvalue weighted by Gasteiger charge is 2.01. The molecule has 68 valence electrons. The van der Waals surface area contributed by atoms with Crippen LogP contribution in [0.15, 0.2) is 12.1 Å². The lowest BCUT2D eigenvalue weighted by Gasteiger charge is -2.00. The zero-order valence-corrected chi connectivity index (χ0v) is 11.3. The second-order valence-corrected chi connectivity index (χ2v) is 3.30. The van der Waals surface area contributed by atoms with Gasteiger partial charge in [-0.25, -0.2) is 4.39 Å². The van der Waals surface area contributed by atoms with Gasteiger partial charge in [-0.1, -0.05) is 0 Å². The zero-order valence-electron chi connectivity index (χ0n) is 6.24. The van der Waals surface area contributed by atoms with Crippen LogP contribution in [0.3, 0.4) is 0 Å². The van der Waals surface area contributed by atoms with Gasteiger partial charge < -0.3 is 5.73 Å². The van der Waals surface area contributed by atoms with E-state index in [0.717, 1.165) is 9.13 Å². The van der Waals surface area contributed by atoms with E-state index in [-0.39, 0.29) is 11.5 Å². The van der Waals surface area contributed by atoms with Crippen molar-refractivity contribution in [2.45, 2.75) is 6.92 Å². The molecular weight excluding hydrogens is 406 g/mol. The second-order valence-electron chi connectivity index (χ2n) is 2.14. The van der Waals surface area contributed by atoms with Gasteiger partial charge in [0.15, 0.2) is 0 Å². The van der Waals surface area contributed by atoms with Crippen molar-refractivity contribution in [3.63, 3.8) is 0 Å². The van der Waals surface area contributed by atoms with Gasteiger partial charge in [0, 0.05) is 25.0 Å². The molecule has 0 atom stereocenters. The number of rotatable bonds is 0. The molecular formula is C7H7ClFI2N. The molecule has 0 saturated carbocycles. The summed E-state index contributed by atoms with van der Waals surface area (Å²) in [6.07, 6.45) is 0. The van der Waals surface area contributed by atoms with Crippen LogP contribution in [0, 0.1) is 16.3 Å². The third-order valence-corrected chi connectivity index (χ3v) is 2.12. The molecule has 0 spiro atoms. The first-order chi connectivity index (χ1) is 5.61. The van der Waals surface area contributed by atoms with E-state index in [2.05, 4.69) is 8.91 Å². The minimum atomic E-state index is -0.329. The first-order valence-electron chi connectivity index (χ1n) is 2.96. The standard InChI is InChI=1S/C7H7FIN.ClI/c1-4-2-5(8)7(10)6(9)3-4;1-2/h2-3H,10H2,1H3;. The predicted octanol–water partition coefficient (Wildman–Crippen LogP) is 3.90. The summed E-state index contributed by atoms with van der Waals surface area (Å²) in [4.78, 5) is 0. The average Bonchev–Trinajstić information content (AvgIpc) is 2.04. The molecule has 1 aromatic rings. The maximum absolute atomic E-state index is 12.7. The van der Waals surface area contributed by atoms with Crippen LogP contribution in [0.5, 0.6) is 0 Å². The van der Waals surface area contributed by atoms with Crippen molar-refractivity contribution in [2.24, 2.45) is 0 Å². The summed E-state index contributed by atoms with van der Waals surface area (Å²) in [6.45, 7) is 1.84. The van der Waals surface area contributed by atoms with Crippen LogP contribution in [0.4, 0.5) is 10.1 Å². The van der Waals surface area contributed by atoms with Crippen molar-refractivity contribution in [3.05, 3.63) is 27.1 Å². The Hall–Kier alpha value is 0.700. The predicted molar refractivity (Wildman–Crippen MR) is 68.1 cm³/mol. The van der Waals surface area contributed by atoms with E-state index in [0.29, 0.717) is 0 Å². The topological polar surface area (TPSA) is 26.0 Å². The molecule has 1 rings (SSSR count). The van der Waals surface area contributed by atoms with E-state index < -0.39 is 0 Å². The highest BCUT2D eigenvalue weighted by atomic mass is 127. The minimum Gasteiger partial charge on any atom is -0.395 e. The molecule has 0 aromatic heterocycles. The number of nitrogens with two attached hydrogens (primary N) is 1. The third-order valence-electron chi connectivity index (χ3n) is 1.22. The van der Waals surface area contributed by atoms with Crippen molar-refractivity contribution in [1.82, 2.24) is 0 Å². The fourth-order valence-electron chi connectivity index (χ4n) is 0.711. The first kappa shape index (κ1) is 12.7. The summed E-state index contributed by atoms with van der Waals surface area (Å²) in [6, 6.07) is 3.27. The molecule has 0 fully saturated rings. The number of anilines is 1. The maximum atomic E-state index is 12.7. The number of hydrogen-bond donors (Lipinski definition) is 1. The molecule has 0 amide bonds. The minimum absolute atomic E-state index is 0.242. The molecule has 0 heterocycles. The van der Waals surface area contributed by atoms with Crippen LogP contribution in [0.25, 0.3) is 0 Å². The summed E-state index contributed by atoms with van der Waals surface area (Å²) < 4.78 is 13.5. The van der Waals surface area contributed by atoms with Gasteiger partial charge >= 0.3 is 0 Å². The summed E-state index contributed by atoms with van der Waals surface area (Å²) in [7, 11) is 4.61. The summed E-state index contributed by atoms with van der Waals surface area (Å²) >= 11 is 3.63. The normalized spacial score (nSPS) is 8.75. The van der Waals surface area contributed by atoms with Crippen LogP contribution in [0.2, 0.25) is 0 Å². The highest BCUT2D eigenvalue weighted by Crippen LogP contribution is 2.19. The molecule has 0 saturated heterocycles. The first-order valence-corrected chi connectivity index (χ1v) is 6.78. The Bertz CT molecular complexity index is 245. The van der Waals surface area contributed by atoms with Gasteiger partial charge in [0.05, 0.1) is 5.69 Å². The number of aryl methyl sites for hydroxylation is 1. The molecule has 0 bridgehead atoms. The van der Waals surface area contributed by atoms with Crippen LogP contribution in [-0.2, 0) is 0 Å². The smallest absolute Gasteiger partial charge is 0.147 e. The quantitative estimate of drug-likeness (QED) is 0.507. The molecule has 1 nitrogen and oxygen atoms in total. The second kappa shape index (κ2) is 6.20. The monoisotopic (exact) mass is 413 g/mol.